The number of hydrogen-bond acceptors (Lipinski definition) is 3. The summed E-state index contributed by atoms with van der Waals surface area (Å²) in [7, 11) is 0. The molecule has 5 nitrogen and oxygen atoms in total. The number of carboxylic acids is 1. The molecule has 0 aromatic heterocycles. The van der Waals surface area contributed by atoms with Gasteiger partial charge in [-0.05, 0) is 24.1 Å². The lowest BCUT2D eigenvalue weighted by Gasteiger charge is -2.24. The number of para-hydroxylation sites is 1. The molecule has 5 heteroatoms. The second-order valence-electron chi connectivity index (χ2n) is 5.52. The highest BCUT2D eigenvalue weighted by atomic mass is 16.4. The molecule has 0 saturated heterocycles. The molecule has 0 radical (unpaired) electrons. The van der Waals surface area contributed by atoms with Crippen molar-refractivity contribution in [3.8, 4) is 0 Å². The van der Waals surface area contributed by atoms with Gasteiger partial charge < -0.3 is 15.3 Å². The Hall–Kier alpha value is -2.82. The summed E-state index contributed by atoms with van der Waals surface area (Å²) in [6, 6.07) is 19.7. The highest BCUT2D eigenvalue weighted by Crippen LogP contribution is 2.16. The first-order chi connectivity index (χ1) is 11.6. The number of aliphatic carboxylic acids is 1. The Labute approximate surface area is 141 Å². The summed E-state index contributed by atoms with van der Waals surface area (Å²) in [5.74, 6) is -0.959. The molecule has 2 aromatic rings. The lowest BCUT2D eigenvalue weighted by atomic mass is 10.2. The first kappa shape index (κ1) is 17.5. The molecular weight excluding hydrogens is 304 g/mol. The Morgan fingerprint density at radius 3 is 2.21 bits per heavy atom. The van der Waals surface area contributed by atoms with Crippen LogP contribution in [0.5, 0.6) is 0 Å². The van der Waals surface area contributed by atoms with Gasteiger partial charge in [0.15, 0.2) is 0 Å². The van der Waals surface area contributed by atoms with E-state index in [1.54, 1.807) is 0 Å². The van der Waals surface area contributed by atoms with E-state index in [4.69, 9.17) is 5.11 Å². The zero-order chi connectivity index (χ0) is 17.2. The number of benzene rings is 2. The van der Waals surface area contributed by atoms with E-state index in [1.807, 2.05) is 65.6 Å². The van der Waals surface area contributed by atoms with Crippen LogP contribution in [0.25, 0.3) is 0 Å². The van der Waals surface area contributed by atoms with Crippen molar-refractivity contribution in [2.45, 2.75) is 19.4 Å². The van der Waals surface area contributed by atoms with Crippen LogP contribution in [-0.4, -0.2) is 30.1 Å². The molecule has 2 aromatic carbocycles. The summed E-state index contributed by atoms with van der Waals surface area (Å²) in [4.78, 5) is 24.7. The maximum absolute atomic E-state index is 12.2. The Kier molecular flexibility index (Phi) is 6.83. The Bertz CT molecular complexity index is 644. The average molecular weight is 326 g/mol. The third kappa shape index (κ3) is 6.12. The second kappa shape index (κ2) is 9.35. The third-order valence-corrected chi connectivity index (χ3v) is 3.56. The summed E-state index contributed by atoms with van der Waals surface area (Å²) in [5.41, 5.74) is 2.10. The summed E-state index contributed by atoms with van der Waals surface area (Å²) in [5, 5.41) is 11.4. The van der Waals surface area contributed by atoms with Crippen LogP contribution in [0.3, 0.4) is 0 Å². The number of carbonyl (C=O) groups is 2. The molecule has 0 spiro atoms. The van der Waals surface area contributed by atoms with E-state index in [-0.39, 0.29) is 18.9 Å². The molecule has 0 aliphatic carbocycles. The minimum absolute atomic E-state index is 0.0622. The van der Waals surface area contributed by atoms with Crippen molar-refractivity contribution >= 4 is 17.6 Å². The van der Waals surface area contributed by atoms with Gasteiger partial charge in [-0.15, -0.1) is 0 Å². The van der Waals surface area contributed by atoms with Gasteiger partial charge in [-0.3, -0.25) is 9.59 Å². The zero-order valence-corrected chi connectivity index (χ0v) is 13.5. The quantitative estimate of drug-likeness (QED) is 0.695. The SMILES string of the molecule is O=C(O)CCCNC(=O)CN(Cc1ccccc1)c1ccccc1. The topological polar surface area (TPSA) is 69.6 Å². The van der Waals surface area contributed by atoms with Gasteiger partial charge in [0.05, 0.1) is 6.54 Å². The molecule has 0 fully saturated rings. The molecule has 24 heavy (non-hydrogen) atoms. The number of amides is 1. The molecule has 0 aliphatic heterocycles. The summed E-state index contributed by atoms with van der Waals surface area (Å²) in [6.45, 7) is 1.23. The monoisotopic (exact) mass is 326 g/mol. The van der Waals surface area contributed by atoms with Crippen molar-refractivity contribution < 1.29 is 14.7 Å². The highest BCUT2D eigenvalue weighted by molar-refractivity contribution is 5.81. The molecule has 2 N–H and O–H groups in total. The molecule has 126 valence electrons. The van der Waals surface area contributed by atoms with Crippen LogP contribution in [0, 0.1) is 0 Å². The standard InChI is InChI=1S/C19H22N2O3/c22-18(20-13-7-12-19(23)24)15-21(17-10-5-2-6-11-17)14-16-8-3-1-4-9-16/h1-6,8-11H,7,12-15H2,(H,20,22)(H,23,24). The van der Waals surface area contributed by atoms with Gasteiger partial charge in [-0.2, -0.15) is 0 Å². The smallest absolute Gasteiger partial charge is 0.303 e. The van der Waals surface area contributed by atoms with Crippen LogP contribution in [0.2, 0.25) is 0 Å². The van der Waals surface area contributed by atoms with E-state index in [9.17, 15) is 9.59 Å². The molecule has 0 aliphatic rings. The minimum atomic E-state index is -0.848. The molecular formula is C19H22N2O3. The number of nitrogens with one attached hydrogen (secondary N) is 1. The van der Waals surface area contributed by atoms with Crippen LogP contribution >= 0.6 is 0 Å². The lowest BCUT2D eigenvalue weighted by molar-refractivity contribution is -0.137. The second-order valence-corrected chi connectivity index (χ2v) is 5.52. The van der Waals surface area contributed by atoms with E-state index in [0.29, 0.717) is 19.5 Å². The predicted molar refractivity (Wildman–Crippen MR) is 93.8 cm³/mol. The van der Waals surface area contributed by atoms with Gasteiger partial charge in [0, 0.05) is 25.2 Å². The molecule has 0 unspecified atom stereocenters. The van der Waals surface area contributed by atoms with Gasteiger partial charge in [0.1, 0.15) is 0 Å². The fraction of sp³-hybridized carbons (Fsp3) is 0.263. The van der Waals surface area contributed by atoms with Crippen molar-refractivity contribution in [3.05, 3.63) is 66.2 Å². The van der Waals surface area contributed by atoms with Crippen LogP contribution in [-0.2, 0) is 16.1 Å². The Balaban J connectivity index is 1.96. The average Bonchev–Trinajstić information content (AvgIpc) is 2.60. The Morgan fingerprint density at radius 1 is 0.958 bits per heavy atom. The summed E-state index contributed by atoms with van der Waals surface area (Å²) >= 11 is 0. The normalized spacial score (nSPS) is 10.2. The third-order valence-electron chi connectivity index (χ3n) is 3.56. The number of carbonyl (C=O) groups excluding carboxylic acids is 1. The van der Waals surface area contributed by atoms with E-state index >= 15 is 0 Å². The van der Waals surface area contributed by atoms with Crippen molar-refractivity contribution in [2.75, 3.05) is 18.0 Å². The molecule has 0 bridgehead atoms. The lowest BCUT2D eigenvalue weighted by Crippen LogP contribution is -2.37. The van der Waals surface area contributed by atoms with Gasteiger partial charge >= 0.3 is 5.97 Å². The van der Waals surface area contributed by atoms with E-state index in [2.05, 4.69) is 5.32 Å². The fourth-order valence-corrected chi connectivity index (χ4v) is 2.38. The molecule has 1 amide bonds. The Morgan fingerprint density at radius 2 is 1.58 bits per heavy atom. The van der Waals surface area contributed by atoms with Crippen LogP contribution < -0.4 is 10.2 Å². The van der Waals surface area contributed by atoms with Crippen LogP contribution in [0.15, 0.2) is 60.7 Å². The fourth-order valence-electron chi connectivity index (χ4n) is 2.38. The summed E-state index contributed by atoms with van der Waals surface area (Å²) < 4.78 is 0. The van der Waals surface area contributed by atoms with E-state index in [1.165, 1.54) is 0 Å². The molecule has 0 atom stereocenters. The van der Waals surface area contributed by atoms with Gasteiger partial charge in [-0.25, -0.2) is 0 Å². The first-order valence-corrected chi connectivity index (χ1v) is 7.97. The number of nitrogens with zero attached hydrogens (tertiary/aromatic N) is 1. The minimum Gasteiger partial charge on any atom is -0.481 e. The highest BCUT2D eigenvalue weighted by Gasteiger charge is 2.12. The molecule has 2 rings (SSSR count). The largest absolute Gasteiger partial charge is 0.481 e. The number of hydrogen-bond donors (Lipinski definition) is 2. The molecule has 0 heterocycles. The van der Waals surface area contributed by atoms with Crippen LogP contribution in [0.4, 0.5) is 5.69 Å². The van der Waals surface area contributed by atoms with E-state index < -0.39 is 5.97 Å². The summed E-state index contributed by atoms with van der Waals surface area (Å²) in [6.07, 6.45) is 0.498. The van der Waals surface area contributed by atoms with Gasteiger partial charge in [0.2, 0.25) is 5.91 Å². The number of rotatable bonds is 9. The predicted octanol–water partition coefficient (Wildman–Crippen LogP) is 2.67. The maximum atomic E-state index is 12.2. The van der Waals surface area contributed by atoms with Crippen molar-refractivity contribution in [1.29, 1.82) is 0 Å². The van der Waals surface area contributed by atoms with E-state index in [0.717, 1.165) is 11.3 Å². The first-order valence-electron chi connectivity index (χ1n) is 7.97. The zero-order valence-electron chi connectivity index (χ0n) is 13.5. The van der Waals surface area contributed by atoms with Crippen molar-refractivity contribution in [2.24, 2.45) is 0 Å². The van der Waals surface area contributed by atoms with Gasteiger partial charge in [-0.1, -0.05) is 48.5 Å². The van der Waals surface area contributed by atoms with Crippen LogP contribution in [0.1, 0.15) is 18.4 Å². The number of anilines is 1. The maximum Gasteiger partial charge on any atom is 0.303 e. The molecule has 0 saturated carbocycles. The van der Waals surface area contributed by atoms with Crippen molar-refractivity contribution in [3.63, 3.8) is 0 Å². The van der Waals surface area contributed by atoms with Crippen molar-refractivity contribution in [1.82, 2.24) is 5.32 Å². The number of carboxylic acid groups (broad SMARTS) is 1. The van der Waals surface area contributed by atoms with Gasteiger partial charge in [0.25, 0.3) is 0 Å².